The number of rotatable bonds is 1. The predicted octanol–water partition coefficient (Wildman–Crippen LogP) is 4.54. The van der Waals surface area contributed by atoms with Crippen LogP contribution >= 0.6 is 34.8 Å². The fraction of sp³-hybridized carbons (Fsp3) is 0.0500. The highest BCUT2D eigenvalue weighted by molar-refractivity contribution is 6.34. The summed E-state index contributed by atoms with van der Waals surface area (Å²) in [6.45, 7) is 0. The molecule has 182 valence electrons. The summed E-state index contributed by atoms with van der Waals surface area (Å²) in [5, 5.41) is 0.909. The van der Waals surface area contributed by atoms with Crippen molar-refractivity contribution in [1.82, 2.24) is 34.9 Å². The molecular weight excluding hydrogens is 505 g/mol. The molecular formula is C20H24Cl3N9O2. The van der Waals surface area contributed by atoms with Gasteiger partial charge in [0.05, 0.1) is 41.9 Å². The summed E-state index contributed by atoms with van der Waals surface area (Å²) in [5.74, 6) is 0.467. The molecule has 11 nitrogen and oxygen atoms in total. The second-order valence-electron chi connectivity index (χ2n) is 6.23. The number of anilines is 2. The first-order chi connectivity index (χ1) is 16.3. The van der Waals surface area contributed by atoms with E-state index in [0.717, 1.165) is 0 Å². The van der Waals surface area contributed by atoms with Crippen molar-refractivity contribution in [3.63, 3.8) is 0 Å². The molecule has 0 fully saturated rings. The fourth-order valence-electron chi connectivity index (χ4n) is 2.40. The molecule has 0 saturated carbocycles. The van der Waals surface area contributed by atoms with E-state index < -0.39 is 0 Å². The smallest absolute Gasteiger partial charge is 0.266 e. The van der Waals surface area contributed by atoms with Crippen LogP contribution in [0.25, 0.3) is 22.1 Å². The molecule has 34 heavy (non-hydrogen) atoms. The Hall–Kier alpha value is -3.80. The Balaban J connectivity index is 0. The van der Waals surface area contributed by atoms with Gasteiger partial charge in [-0.25, -0.2) is 29.9 Å². The number of hydrogen-bond donors (Lipinski definition) is 3. The quantitative estimate of drug-likeness (QED) is 0.262. The topological polar surface area (TPSA) is 171 Å². The summed E-state index contributed by atoms with van der Waals surface area (Å²) < 4.78 is 4.93. The lowest BCUT2D eigenvalue weighted by Gasteiger charge is -2.00. The second kappa shape index (κ2) is 11.4. The van der Waals surface area contributed by atoms with E-state index in [9.17, 15) is 4.79 Å². The van der Waals surface area contributed by atoms with Gasteiger partial charge in [-0.2, -0.15) is 0 Å². The molecule has 5 heterocycles. The lowest BCUT2D eigenvalue weighted by atomic mass is 10.4. The monoisotopic (exact) mass is 527 g/mol. The lowest BCUT2D eigenvalue weighted by Crippen LogP contribution is -2.05. The number of aromatic nitrogens is 7. The molecule has 0 saturated heterocycles. The summed E-state index contributed by atoms with van der Waals surface area (Å²) in [6.07, 6.45) is 7.29. The number of halogens is 3. The van der Waals surface area contributed by atoms with Gasteiger partial charge in [0.1, 0.15) is 11.0 Å². The number of pyridine rings is 3. The third-order valence-electron chi connectivity index (χ3n) is 4.03. The molecule has 0 aliphatic heterocycles. The van der Waals surface area contributed by atoms with Crippen LogP contribution in [0.4, 0.5) is 11.4 Å². The van der Waals surface area contributed by atoms with Crippen LogP contribution in [0.3, 0.4) is 0 Å². The molecule has 0 aliphatic rings. The van der Waals surface area contributed by atoms with Crippen molar-refractivity contribution in [1.29, 1.82) is 0 Å². The number of ether oxygens (including phenoxy) is 1. The van der Waals surface area contributed by atoms with Crippen LogP contribution in [0.5, 0.6) is 5.88 Å². The van der Waals surface area contributed by atoms with Crippen molar-refractivity contribution >= 4 is 68.2 Å². The molecule has 0 aromatic carbocycles. The largest absolute Gasteiger partial charge is 0.480 e. The minimum absolute atomic E-state index is 0. The summed E-state index contributed by atoms with van der Waals surface area (Å²) in [6, 6.07) is 4.98. The predicted molar refractivity (Wildman–Crippen MR) is 141 cm³/mol. The molecule has 0 atom stereocenters. The first-order valence-electron chi connectivity index (χ1n) is 9.26. The maximum Gasteiger partial charge on any atom is 0.266 e. The Kier molecular flexibility index (Phi) is 8.30. The molecule has 0 amide bonds. The van der Waals surface area contributed by atoms with Gasteiger partial charge in [0.15, 0.2) is 15.5 Å². The molecule has 5 aromatic heterocycles. The summed E-state index contributed by atoms with van der Waals surface area (Å²) >= 11 is 17.0. The van der Waals surface area contributed by atoms with Gasteiger partial charge in [-0.1, -0.05) is 34.8 Å². The average Bonchev–Trinajstić information content (AvgIpc) is 2.83. The van der Waals surface area contributed by atoms with E-state index >= 15 is 0 Å². The SMILES string of the molecule is COc1cnc2c(Cl)nccc2n1.Nc1ccnc(Cl)c1N.O=c1cnc2c(Cl)nccc2[nH]1.[HH].[HH].[HH].[HH]. The van der Waals surface area contributed by atoms with E-state index in [-0.39, 0.29) is 16.4 Å². The Bertz CT molecular complexity index is 1500. The maximum atomic E-state index is 10.8. The van der Waals surface area contributed by atoms with E-state index in [0.29, 0.717) is 49.6 Å². The van der Waals surface area contributed by atoms with Gasteiger partial charge in [-0.05, 0) is 18.2 Å². The number of fused-ring (bicyclic) bond motifs is 2. The number of aromatic amines is 1. The third kappa shape index (κ3) is 6.16. The third-order valence-corrected chi connectivity index (χ3v) is 4.88. The molecule has 0 aliphatic carbocycles. The van der Waals surface area contributed by atoms with Gasteiger partial charge in [0.25, 0.3) is 5.56 Å². The summed E-state index contributed by atoms with van der Waals surface area (Å²) in [4.78, 5) is 36.9. The van der Waals surface area contributed by atoms with E-state index in [1.54, 1.807) is 31.5 Å². The normalized spacial score (nSPS) is 10.1. The van der Waals surface area contributed by atoms with E-state index in [4.69, 9.17) is 51.0 Å². The molecule has 5 rings (SSSR count). The highest BCUT2D eigenvalue weighted by atomic mass is 35.5. The number of nitrogens with one attached hydrogen (secondary N) is 1. The van der Waals surface area contributed by atoms with Crippen LogP contribution in [0.2, 0.25) is 15.5 Å². The van der Waals surface area contributed by atoms with Gasteiger partial charge >= 0.3 is 0 Å². The summed E-state index contributed by atoms with van der Waals surface area (Å²) in [5.41, 5.74) is 13.7. The number of hydrogen-bond acceptors (Lipinski definition) is 10. The van der Waals surface area contributed by atoms with Crippen LogP contribution in [0.15, 0.2) is 54.0 Å². The van der Waals surface area contributed by atoms with Gasteiger partial charge < -0.3 is 21.2 Å². The van der Waals surface area contributed by atoms with Gasteiger partial charge in [0.2, 0.25) is 5.88 Å². The number of H-pyrrole nitrogens is 1. The molecule has 0 radical (unpaired) electrons. The van der Waals surface area contributed by atoms with Crippen molar-refractivity contribution < 1.29 is 10.4 Å². The molecule has 0 bridgehead atoms. The zero-order valence-electron chi connectivity index (χ0n) is 17.4. The van der Waals surface area contributed by atoms with Gasteiger partial charge in [-0.15, -0.1) is 0 Å². The molecule has 14 heteroatoms. The van der Waals surface area contributed by atoms with Crippen molar-refractivity contribution in [2.75, 3.05) is 18.6 Å². The van der Waals surface area contributed by atoms with Crippen LogP contribution < -0.4 is 21.8 Å². The molecule has 0 spiro atoms. The molecule has 5 aromatic rings. The van der Waals surface area contributed by atoms with Crippen molar-refractivity contribution in [2.24, 2.45) is 0 Å². The highest BCUT2D eigenvalue weighted by Crippen LogP contribution is 2.21. The van der Waals surface area contributed by atoms with E-state index in [1.165, 1.54) is 24.8 Å². The minimum Gasteiger partial charge on any atom is -0.480 e. The maximum absolute atomic E-state index is 10.8. The number of methoxy groups -OCH3 is 1. The second-order valence-corrected chi connectivity index (χ2v) is 7.31. The fourth-order valence-corrected chi connectivity index (χ4v) is 2.97. The number of nitrogen functional groups attached to an aromatic ring is 2. The van der Waals surface area contributed by atoms with Crippen molar-refractivity contribution in [3.8, 4) is 5.88 Å². The minimum atomic E-state index is -0.246. The van der Waals surface area contributed by atoms with Crippen LogP contribution in [-0.4, -0.2) is 42.0 Å². The Morgan fingerprint density at radius 1 is 0.853 bits per heavy atom. The van der Waals surface area contributed by atoms with Crippen LogP contribution in [-0.2, 0) is 0 Å². The van der Waals surface area contributed by atoms with Crippen LogP contribution in [0, 0.1) is 0 Å². The Morgan fingerprint density at radius 3 is 2.15 bits per heavy atom. The Morgan fingerprint density at radius 2 is 1.47 bits per heavy atom. The van der Waals surface area contributed by atoms with E-state index in [1.807, 2.05) is 0 Å². The number of nitrogens with two attached hydrogens (primary N) is 2. The van der Waals surface area contributed by atoms with Crippen molar-refractivity contribution in [3.05, 3.63) is 75.0 Å². The zero-order valence-corrected chi connectivity index (χ0v) is 19.7. The first kappa shape index (κ1) is 24.8. The average molecular weight is 529 g/mol. The Labute approximate surface area is 213 Å². The highest BCUT2D eigenvalue weighted by Gasteiger charge is 2.03. The summed E-state index contributed by atoms with van der Waals surface area (Å²) in [7, 11) is 1.54. The van der Waals surface area contributed by atoms with Gasteiger partial charge in [-0.3, -0.25) is 4.79 Å². The molecule has 5 N–H and O–H groups in total. The van der Waals surface area contributed by atoms with Crippen LogP contribution in [0.1, 0.15) is 5.71 Å². The lowest BCUT2D eigenvalue weighted by molar-refractivity contribution is 0.397. The standard InChI is InChI=1S/C8H6ClN3O.C7H4ClN3O.C5H6ClN3.4H2/c1-13-6-4-11-7-5(12-6)2-3-10-8(7)9;8-7-6-4(1-2-9-7)11-5(12)3-10-6;6-5-4(8)3(7)1-2-9-5;;;;/h2-4H,1H3;1-3H,(H,11,12);1-2H,8H2,(H2,7,9);4*1H. The molecule has 0 unspecified atom stereocenters. The zero-order chi connectivity index (χ0) is 24.7. The van der Waals surface area contributed by atoms with Crippen molar-refractivity contribution in [2.45, 2.75) is 0 Å². The first-order valence-corrected chi connectivity index (χ1v) is 10.4. The van der Waals surface area contributed by atoms with Gasteiger partial charge in [0, 0.05) is 24.3 Å². The van der Waals surface area contributed by atoms with E-state index in [2.05, 4.69) is 34.9 Å². The number of nitrogens with zero attached hydrogens (tertiary/aromatic N) is 6.